The predicted molar refractivity (Wildman–Crippen MR) is 169 cm³/mol. The van der Waals surface area contributed by atoms with Crippen molar-refractivity contribution in [3.8, 4) is 11.5 Å². The van der Waals surface area contributed by atoms with E-state index < -0.39 is 34.1 Å². The average Bonchev–Trinajstić information content (AvgIpc) is 2.95. The van der Waals surface area contributed by atoms with Gasteiger partial charge < -0.3 is 19.7 Å². The number of aryl methyl sites for hydroxylation is 1. The van der Waals surface area contributed by atoms with Crippen LogP contribution in [0.4, 0.5) is 5.69 Å². The first-order valence-electron chi connectivity index (χ1n) is 13.9. The minimum atomic E-state index is -4.28. The van der Waals surface area contributed by atoms with Gasteiger partial charge in [0, 0.05) is 23.2 Å². The van der Waals surface area contributed by atoms with Gasteiger partial charge in [0.15, 0.2) is 0 Å². The SMILES string of the molecule is CC[C@H](C(=O)NC(C)(C)C)N(Cc1ccc(Cl)cc1)C(=O)CN(c1cc(OC)ccc1OC)S(=O)(=O)c1ccc(C)cc1. The lowest BCUT2D eigenvalue weighted by atomic mass is 10.1. The van der Waals surface area contributed by atoms with Crippen LogP contribution in [0.3, 0.4) is 0 Å². The second-order valence-electron chi connectivity index (χ2n) is 11.2. The third-order valence-electron chi connectivity index (χ3n) is 6.69. The largest absolute Gasteiger partial charge is 0.497 e. The quantitative estimate of drug-likeness (QED) is 0.280. The third kappa shape index (κ3) is 8.64. The molecule has 11 heteroatoms. The molecular weight excluding hydrogens is 590 g/mol. The van der Waals surface area contributed by atoms with Crippen LogP contribution < -0.4 is 19.1 Å². The molecule has 1 atom stereocenters. The number of nitrogens with zero attached hydrogens (tertiary/aromatic N) is 2. The minimum absolute atomic E-state index is 0.00228. The van der Waals surface area contributed by atoms with E-state index in [2.05, 4.69) is 5.32 Å². The van der Waals surface area contributed by atoms with Crippen molar-refractivity contribution in [2.45, 2.75) is 64.1 Å². The normalized spacial score (nSPS) is 12.3. The molecule has 2 amide bonds. The van der Waals surface area contributed by atoms with Crippen molar-refractivity contribution in [3.05, 3.63) is 82.9 Å². The molecule has 0 spiro atoms. The van der Waals surface area contributed by atoms with Gasteiger partial charge in [-0.25, -0.2) is 8.42 Å². The van der Waals surface area contributed by atoms with Crippen molar-refractivity contribution in [2.24, 2.45) is 0 Å². The molecule has 0 aliphatic rings. The first kappa shape index (κ1) is 33.7. The van der Waals surface area contributed by atoms with Crippen molar-refractivity contribution >= 4 is 39.1 Å². The molecule has 3 rings (SSSR count). The van der Waals surface area contributed by atoms with E-state index in [0.29, 0.717) is 17.2 Å². The van der Waals surface area contributed by atoms with Gasteiger partial charge in [-0.2, -0.15) is 0 Å². The van der Waals surface area contributed by atoms with Crippen LogP contribution in [-0.2, 0) is 26.2 Å². The zero-order chi connectivity index (χ0) is 31.9. The molecule has 0 aromatic heterocycles. The molecule has 0 saturated carbocycles. The maximum atomic E-state index is 14.3. The number of benzene rings is 3. The molecule has 0 unspecified atom stereocenters. The number of ether oxygens (including phenoxy) is 2. The van der Waals surface area contributed by atoms with Gasteiger partial charge in [0.1, 0.15) is 24.1 Å². The maximum Gasteiger partial charge on any atom is 0.264 e. The minimum Gasteiger partial charge on any atom is -0.497 e. The smallest absolute Gasteiger partial charge is 0.264 e. The number of nitrogens with one attached hydrogen (secondary N) is 1. The molecule has 0 aliphatic heterocycles. The van der Waals surface area contributed by atoms with E-state index in [1.807, 2.05) is 27.7 Å². The van der Waals surface area contributed by atoms with Crippen molar-refractivity contribution in [1.82, 2.24) is 10.2 Å². The van der Waals surface area contributed by atoms with E-state index in [1.165, 1.54) is 37.3 Å². The molecule has 0 heterocycles. The lowest BCUT2D eigenvalue weighted by molar-refractivity contribution is -0.141. The zero-order valence-corrected chi connectivity index (χ0v) is 27.3. The molecule has 9 nitrogen and oxygen atoms in total. The number of amides is 2. The van der Waals surface area contributed by atoms with Gasteiger partial charge in [-0.3, -0.25) is 13.9 Å². The van der Waals surface area contributed by atoms with Crippen LogP contribution in [0.5, 0.6) is 11.5 Å². The monoisotopic (exact) mass is 629 g/mol. The van der Waals surface area contributed by atoms with Crippen LogP contribution in [0.2, 0.25) is 5.02 Å². The van der Waals surface area contributed by atoms with Crippen LogP contribution in [0, 0.1) is 6.92 Å². The number of rotatable bonds is 12. The van der Waals surface area contributed by atoms with E-state index in [1.54, 1.807) is 55.5 Å². The summed E-state index contributed by atoms with van der Waals surface area (Å²) in [7, 11) is -1.41. The Balaban J connectivity index is 2.16. The number of carbonyl (C=O) groups excluding carboxylic acids is 2. The summed E-state index contributed by atoms with van der Waals surface area (Å²) >= 11 is 6.09. The molecule has 0 fully saturated rings. The topological polar surface area (TPSA) is 105 Å². The number of carbonyl (C=O) groups is 2. The van der Waals surface area contributed by atoms with Gasteiger partial charge in [0.25, 0.3) is 10.0 Å². The lowest BCUT2D eigenvalue weighted by Gasteiger charge is -2.35. The van der Waals surface area contributed by atoms with E-state index >= 15 is 0 Å². The summed E-state index contributed by atoms with van der Waals surface area (Å²) in [6.45, 7) is 8.67. The summed E-state index contributed by atoms with van der Waals surface area (Å²) in [6, 6.07) is 17.1. The Morgan fingerprint density at radius 3 is 2.12 bits per heavy atom. The molecule has 232 valence electrons. The standard InChI is InChI=1S/C32H40ClN3O6S/c1-8-27(31(38)34-32(3,4)5)35(20-23-11-13-24(33)14-12-23)30(37)21-36(28-19-25(41-6)15-18-29(28)42-7)43(39,40)26-16-9-22(2)10-17-26/h9-19,27H,8,20-21H2,1-7H3,(H,34,38)/t27-/m1/s1. The number of hydrogen-bond acceptors (Lipinski definition) is 6. The van der Waals surface area contributed by atoms with Crippen molar-refractivity contribution < 1.29 is 27.5 Å². The first-order valence-corrected chi connectivity index (χ1v) is 15.7. The highest BCUT2D eigenvalue weighted by Crippen LogP contribution is 2.36. The van der Waals surface area contributed by atoms with Crippen LogP contribution in [0.25, 0.3) is 0 Å². The zero-order valence-electron chi connectivity index (χ0n) is 25.7. The van der Waals surface area contributed by atoms with E-state index in [4.69, 9.17) is 21.1 Å². The van der Waals surface area contributed by atoms with E-state index in [0.717, 1.165) is 15.4 Å². The molecule has 0 radical (unpaired) electrons. The molecular formula is C32H40ClN3O6S. The average molecular weight is 630 g/mol. The summed E-state index contributed by atoms with van der Waals surface area (Å²) < 4.78 is 40.3. The maximum absolute atomic E-state index is 14.3. The van der Waals surface area contributed by atoms with Gasteiger partial charge in [0.2, 0.25) is 11.8 Å². The first-order chi connectivity index (χ1) is 20.2. The Kier molecular flexibility index (Phi) is 11.1. The van der Waals surface area contributed by atoms with Crippen LogP contribution >= 0.6 is 11.6 Å². The fourth-order valence-corrected chi connectivity index (χ4v) is 6.04. The van der Waals surface area contributed by atoms with Crippen molar-refractivity contribution in [3.63, 3.8) is 0 Å². The highest BCUT2D eigenvalue weighted by molar-refractivity contribution is 7.92. The van der Waals surface area contributed by atoms with Crippen LogP contribution in [0.15, 0.2) is 71.6 Å². The Labute approximate surface area is 259 Å². The Morgan fingerprint density at radius 2 is 1.58 bits per heavy atom. The lowest BCUT2D eigenvalue weighted by Crippen LogP contribution is -2.55. The number of halogens is 1. The second kappa shape index (κ2) is 14.1. The fourth-order valence-electron chi connectivity index (χ4n) is 4.50. The molecule has 43 heavy (non-hydrogen) atoms. The van der Waals surface area contributed by atoms with Gasteiger partial charge >= 0.3 is 0 Å². The van der Waals surface area contributed by atoms with Crippen molar-refractivity contribution in [1.29, 1.82) is 0 Å². The fraction of sp³-hybridized carbons (Fsp3) is 0.375. The van der Waals surface area contributed by atoms with Crippen molar-refractivity contribution in [2.75, 3.05) is 25.1 Å². The molecule has 0 aliphatic carbocycles. The van der Waals surface area contributed by atoms with Gasteiger partial charge in [-0.15, -0.1) is 0 Å². The second-order valence-corrected chi connectivity index (χ2v) is 13.5. The number of anilines is 1. The summed E-state index contributed by atoms with van der Waals surface area (Å²) in [6.07, 6.45) is 0.300. The predicted octanol–water partition coefficient (Wildman–Crippen LogP) is 5.58. The van der Waals surface area contributed by atoms with Gasteiger partial charge in [0.05, 0.1) is 24.8 Å². The summed E-state index contributed by atoms with van der Waals surface area (Å²) in [5.41, 5.74) is 1.18. The number of sulfonamides is 1. The third-order valence-corrected chi connectivity index (χ3v) is 8.72. The summed E-state index contributed by atoms with van der Waals surface area (Å²) in [5.74, 6) is -0.317. The van der Waals surface area contributed by atoms with E-state index in [-0.39, 0.29) is 28.8 Å². The molecule has 0 saturated heterocycles. The summed E-state index contributed by atoms with van der Waals surface area (Å²) in [5, 5.41) is 3.49. The highest BCUT2D eigenvalue weighted by atomic mass is 35.5. The number of hydrogen-bond donors (Lipinski definition) is 1. The van der Waals surface area contributed by atoms with Gasteiger partial charge in [-0.05, 0) is 76.1 Å². The van der Waals surface area contributed by atoms with Crippen LogP contribution in [0.1, 0.15) is 45.2 Å². The Hall–Kier alpha value is -3.76. The summed E-state index contributed by atoms with van der Waals surface area (Å²) in [4.78, 5) is 29.2. The van der Waals surface area contributed by atoms with E-state index in [9.17, 15) is 18.0 Å². The molecule has 3 aromatic rings. The Morgan fingerprint density at radius 1 is 0.953 bits per heavy atom. The van der Waals surface area contributed by atoms with Gasteiger partial charge in [-0.1, -0.05) is 48.4 Å². The molecule has 0 bridgehead atoms. The highest BCUT2D eigenvalue weighted by Gasteiger charge is 2.35. The molecule has 1 N–H and O–H groups in total. The molecule has 3 aromatic carbocycles. The number of methoxy groups -OCH3 is 2. The Bertz CT molecular complexity index is 1520. The van der Waals surface area contributed by atoms with Crippen LogP contribution in [-0.4, -0.2) is 57.5 Å².